The summed E-state index contributed by atoms with van der Waals surface area (Å²) in [6.45, 7) is 7.94. The molecule has 0 aromatic carbocycles. The molecule has 104 valence electrons. The number of nitrogens with one attached hydrogen (secondary N) is 1. The molecule has 0 rings (SSSR count). The summed E-state index contributed by atoms with van der Waals surface area (Å²) in [7, 11) is 1.73. The number of amides is 2. The highest BCUT2D eigenvalue weighted by molar-refractivity contribution is 5.74. The van der Waals surface area contributed by atoms with Gasteiger partial charge in [-0.3, -0.25) is 4.79 Å². The van der Waals surface area contributed by atoms with Gasteiger partial charge in [-0.15, -0.1) is 6.58 Å². The number of hydrogen-bond donors (Lipinski definition) is 2. The Labute approximate surface area is 109 Å². The van der Waals surface area contributed by atoms with E-state index in [-0.39, 0.29) is 12.5 Å². The lowest BCUT2D eigenvalue weighted by Gasteiger charge is -2.29. The summed E-state index contributed by atoms with van der Waals surface area (Å²) in [6, 6.07) is -0.172. The number of rotatable bonds is 8. The zero-order valence-corrected chi connectivity index (χ0v) is 11.5. The van der Waals surface area contributed by atoms with Crippen LogP contribution in [0.15, 0.2) is 12.7 Å². The second-order valence-electron chi connectivity index (χ2n) is 5.06. The Kier molecular flexibility index (Phi) is 7.08. The van der Waals surface area contributed by atoms with Gasteiger partial charge in [0, 0.05) is 25.6 Å². The molecule has 0 atom stereocenters. The van der Waals surface area contributed by atoms with Gasteiger partial charge in [-0.05, 0) is 33.1 Å². The van der Waals surface area contributed by atoms with Gasteiger partial charge in [0.15, 0.2) is 0 Å². The lowest BCUT2D eigenvalue weighted by Crippen LogP contribution is -2.49. The Balaban J connectivity index is 4.10. The third-order valence-electron chi connectivity index (χ3n) is 2.66. The predicted molar refractivity (Wildman–Crippen MR) is 71.5 cm³/mol. The maximum absolute atomic E-state index is 11.8. The second-order valence-corrected chi connectivity index (χ2v) is 5.06. The van der Waals surface area contributed by atoms with Crippen molar-refractivity contribution in [1.29, 1.82) is 0 Å². The SMILES string of the molecule is C=CCCCN(C)C(=O)NC(C)(C)CCC(=O)O. The zero-order chi connectivity index (χ0) is 14.2. The number of carbonyl (C=O) groups excluding carboxylic acids is 1. The molecule has 0 aliphatic carbocycles. The van der Waals surface area contributed by atoms with E-state index in [1.54, 1.807) is 11.9 Å². The van der Waals surface area contributed by atoms with Gasteiger partial charge in [0.05, 0.1) is 0 Å². The first-order chi connectivity index (χ1) is 8.28. The fourth-order valence-electron chi connectivity index (χ4n) is 1.44. The van der Waals surface area contributed by atoms with Crippen LogP contribution in [0.25, 0.3) is 0 Å². The van der Waals surface area contributed by atoms with Gasteiger partial charge in [0.25, 0.3) is 0 Å². The molecule has 0 fully saturated rings. The zero-order valence-electron chi connectivity index (χ0n) is 11.5. The summed E-state index contributed by atoms with van der Waals surface area (Å²) in [6.07, 6.45) is 4.04. The van der Waals surface area contributed by atoms with Crippen LogP contribution >= 0.6 is 0 Å². The highest BCUT2D eigenvalue weighted by atomic mass is 16.4. The molecule has 5 heteroatoms. The quantitative estimate of drug-likeness (QED) is 0.517. The van der Waals surface area contributed by atoms with Crippen molar-refractivity contribution in [3.63, 3.8) is 0 Å². The molecule has 0 aliphatic heterocycles. The molecule has 2 N–H and O–H groups in total. The van der Waals surface area contributed by atoms with Crippen LogP contribution in [0, 0.1) is 0 Å². The number of carboxylic acid groups (broad SMARTS) is 1. The first-order valence-corrected chi connectivity index (χ1v) is 6.14. The van der Waals surface area contributed by atoms with Crippen LogP contribution in [0.1, 0.15) is 39.5 Å². The van der Waals surface area contributed by atoms with E-state index >= 15 is 0 Å². The van der Waals surface area contributed by atoms with Crippen LogP contribution in [0.3, 0.4) is 0 Å². The Hall–Kier alpha value is -1.52. The Morgan fingerprint density at radius 3 is 2.56 bits per heavy atom. The average molecular weight is 256 g/mol. The summed E-state index contributed by atoms with van der Waals surface area (Å²) in [4.78, 5) is 23.9. The number of carboxylic acids is 1. The van der Waals surface area contributed by atoms with E-state index in [4.69, 9.17) is 5.11 Å². The van der Waals surface area contributed by atoms with Crippen molar-refractivity contribution in [2.75, 3.05) is 13.6 Å². The number of unbranched alkanes of at least 4 members (excludes halogenated alkanes) is 1. The highest BCUT2D eigenvalue weighted by Gasteiger charge is 2.22. The topological polar surface area (TPSA) is 69.6 Å². The van der Waals surface area contributed by atoms with Gasteiger partial charge in [0.1, 0.15) is 0 Å². The first kappa shape index (κ1) is 16.5. The molecule has 2 amide bonds. The van der Waals surface area contributed by atoms with Gasteiger partial charge in [-0.2, -0.15) is 0 Å². The number of nitrogens with zero attached hydrogens (tertiary/aromatic N) is 1. The van der Waals surface area contributed by atoms with Gasteiger partial charge in [-0.25, -0.2) is 4.79 Å². The van der Waals surface area contributed by atoms with Crippen molar-refractivity contribution in [3.8, 4) is 0 Å². The van der Waals surface area contributed by atoms with E-state index in [2.05, 4.69) is 11.9 Å². The normalized spacial score (nSPS) is 10.8. The van der Waals surface area contributed by atoms with Crippen LogP contribution in [-0.4, -0.2) is 41.1 Å². The molecule has 0 saturated heterocycles. The lowest BCUT2D eigenvalue weighted by atomic mass is 9.99. The monoisotopic (exact) mass is 256 g/mol. The van der Waals surface area contributed by atoms with Crippen molar-refractivity contribution in [2.45, 2.75) is 45.1 Å². The Bertz CT molecular complexity index is 301. The van der Waals surface area contributed by atoms with E-state index in [0.29, 0.717) is 13.0 Å². The highest BCUT2D eigenvalue weighted by Crippen LogP contribution is 2.11. The van der Waals surface area contributed by atoms with Crippen LogP contribution < -0.4 is 5.32 Å². The number of carbonyl (C=O) groups is 2. The molecular weight excluding hydrogens is 232 g/mol. The largest absolute Gasteiger partial charge is 0.481 e. The lowest BCUT2D eigenvalue weighted by molar-refractivity contribution is -0.137. The molecule has 5 nitrogen and oxygen atoms in total. The standard InChI is InChI=1S/C13H24N2O3/c1-5-6-7-10-15(4)12(18)14-13(2,3)9-8-11(16)17/h5H,1,6-10H2,2-4H3,(H,14,18)(H,16,17). The van der Waals surface area contributed by atoms with E-state index in [9.17, 15) is 9.59 Å². The fourth-order valence-corrected chi connectivity index (χ4v) is 1.44. The smallest absolute Gasteiger partial charge is 0.317 e. The maximum Gasteiger partial charge on any atom is 0.317 e. The number of aliphatic carboxylic acids is 1. The molecule has 0 saturated carbocycles. The minimum absolute atomic E-state index is 0.0491. The van der Waals surface area contributed by atoms with Crippen molar-refractivity contribution >= 4 is 12.0 Å². The first-order valence-electron chi connectivity index (χ1n) is 6.14. The third-order valence-corrected chi connectivity index (χ3v) is 2.66. The maximum atomic E-state index is 11.8. The van der Waals surface area contributed by atoms with Gasteiger partial charge in [0.2, 0.25) is 0 Å². The van der Waals surface area contributed by atoms with E-state index in [0.717, 1.165) is 12.8 Å². The fraction of sp³-hybridized carbons (Fsp3) is 0.692. The summed E-state index contributed by atoms with van der Waals surface area (Å²) in [5, 5.41) is 11.5. The van der Waals surface area contributed by atoms with Gasteiger partial charge >= 0.3 is 12.0 Å². The number of hydrogen-bond acceptors (Lipinski definition) is 2. The summed E-state index contributed by atoms with van der Waals surface area (Å²) in [5.74, 6) is -0.850. The molecule has 0 heterocycles. The Morgan fingerprint density at radius 1 is 1.44 bits per heavy atom. The average Bonchev–Trinajstić information content (AvgIpc) is 2.26. The van der Waals surface area contributed by atoms with Crippen LogP contribution in [0.2, 0.25) is 0 Å². The molecule has 0 bridgehead atoms. The van der Waals surface area contributed by atoms with Crippen molar-refractivity contribution in [3.05, 3.63) is 12.7 Å². The van der Waals surface area contributed by atoms with E-state index < -0.39 is 11.5 Å². The van der Waals surface area contributed by atoms with Gasteiger partial charge in [-0.1, -0.05) is 6.08 Å². The molecular formula is C13H24N2O3. The third kappa shape index (κ3) is 7.70. The van der Waals surface area contributed by atoms with Crippen LogP contribution in [-0.2, 0) is 4.79 Å². The van der Waals surface area contributed by atoms with Crippen molar-refractivity contribution < 1.29 is 14.7 Å². The molecule has 0 aromatic heterocycles. The summed E-state index contributed by atoms with van der Waals surface area (Å²) in [5.41, 5.74) is -0.512. The molecule has 0 unspecified atom stereocenters. The molecule has 18 heavy (non-hydrogen) atoms. The van der Waals surface area contributed by atoms with Crippen molar-refractivity contribution in [1.82, 2.24) is 10.2 Å². The Morgan fingerprint density at radius 2 is 2.06 bits per heavy atom. The number of urea groups is 1. The molecule has 0 radical (unpaired) electrons. The van der Waals surface area contributed by atoms with Crippen molar-refractivity contribution in [2.24, 2.45) is 0 Å². The molecule has 0 spiro atoms. The second kappa shape index (κ2) is 7.74. The molecule has 0 aromatic rings. The summed E-state index contributed by atoms with van der Waals surface area (Å²) < 4.78 is 0. The van der Waals surface area contributed by atoms with Crippen LogP contribution in [0.5, 0.6) is 0 Å². The predicted octanol–water partition coefficient (Wildman–Crippen LogP) is 2.24. The summed E-state index contributed by atoms with van der Waals surface area (Å²) >= 11 is 0. The van der Waals surface area contributed by atoms with Gasteiger partial charge < -0.3 is 15.3 Å². The van der Waals surface area contributed by atoms with E-state index in [1.165, 1.54) is 0 Å². The van der Waals surface area contributed by atoms with Crippen LogP contribution in [0.4, 0.5) is 4.79 Å². The minimum atomic E-state index is -0.850. The number of allylic oxidation sites excluding steroid dienone is 1. The molecule has 0 aliphatic rings. The minimum Gasteiger partial charge on any atom is -0.481 e. The van der Waals surface area contributed by atoms with E-state index in [1.807, 2.05) is 19.9 Å².